The summed E-state index contributed by atoms with van der Waals surface area (Å²) in [7, 11) is 0. The summed E-state index contributed by atoms with van der Waals surface area (Å²) in [5.74, 6) is -2.94. The Hall–Kier alpha value is -1.11. The minimum Gasteiger partial charge on any atom is -0.321 e. The molecule has 7 heteroatoms. The second kappa shape index (κ2) is 7.24. The van der Waals surface area contributed by atoms with Crippen molar-refractivity contribution in [3.63, 3.8) is 0 Å². The maximum absolute atomic E-state index is 12.5. The van der Waals surface area contributed by atoms with E-state index in [2.05, 4.69) is 21.2 Å². The van der Waals surface area contributed by atoms with E-state index in [0.717, 1.165) is 0 Å². The van der Waals surface area contributed by atoms with Crippen LogP contribution in [0.4, 0.5) is 14.5 Å². The number of para-hydroxylation sites is 1. The van der Waals surface area contributed by atoms with E-state index >= 15 is 0 Å². The summed E-state index contributed by atoms with van der Waals surface area (Å²) in [6.07, 6.45) is 0. The van der Waals surface area contributed by atoms with Gasteiger partial charge < -0.3 is 5.32 Å². The van der Waals surface area contributed by atoms with Crippen molar-refractivity contribution in [2.75, 3.05) is 5.32 Å². The predicted molar refractivity (Wildman–Crippen MR) is 85.4 cm³/mol. The fraction of sp³-hybridized carbons (Fsp3) is 0.0714. The zero-order chi connectivity index (χ0) is 15.4. The van der Waals surface area contributed by atoms with Gasteiger partial charge in [0.25, 0.3) is 11.7 Å². The lowest BCUT2D eigenvalue weighted by Crippen LogP contribution is -2.12. The summed E-state index contributed by atoms with van der Waals surface area (Å²) in [4.78, 5) is 12.5. The Kier molecular flexibility index (Phi) is 5.61. The molecule has 1 N–H and O–H groups in total. The van der Waals surface area contributed by atoms with E-state index in [4.69, 9.17) is 11.6 Å². The molecule has 0 unspecified atom stereocenters. The molecule has 0 atom stereocenters. The molecule has 0 aliphatic carbocycles. The highest BCUT2D eigenvalue weighted by Gasteiger charge is 2.13. The molecule has 2 rings (SSSR count). The zero-order valence-electron chi connectivity index (χ0n) is 10.4. The van der Waals surface area contributed by atoms with E-state index < -0.39 is 11.7 Å². The van der Waals surface area contributed by atoms with Crippen LogP contribution in [-0.4, -0.2) is 11.7 Å². The largest absolute Gasteiger partial charge is 0.321 e. The summed E-state index contributed by atoms with van der Waals surface area (Å²) in [5, 5.41) is 3.11. The van der Waals surface area contributed by atoms with Crippen molar-refractivity contribution in [3.05, 3.63) is 57.5 Å². The van der Waals surface area contributed by atoms with Gasteiger partial charge in [-0.25, -0.2) is 0 Å². The second-order valence-corrected chi connectivity index (χ2v) is 6.25. The first-order chi connectivity index (χ1) is 9.97. The summed E-state index contributed by atoms with van der Waals surface area (Å²) < 4.78 is 25.6. The van der Waals surface area contributed by atoms with Crippen LogP contribution >= 0.6 is 39.3 Å². The zero-order valence-corrected chi connectivity index (χ0v) is 13.6. The molecular weight excluding hydrogens is 384 g/mol. The number of hydrogen-bond donors (Lipinski definition) is 1. The third kappa shape index (κ3) is 4.43. The molecule has 0 fully saturated rings. The molecular formula is C14H9BrClF2NOS. The Bertz CT molecular complexity index is 669. The molecule has 0 radical (unpaired) electrons. The van der Waals surface area contributed by atoms with Crippen molar-refractivity contribution in [2.45, 2.75) is 10.7 Å². The molecule has 21 heavy (non-hydrogen) atoms. The quantitative estimate of drug-likeness (QED) is 0.679. The molecule has 0 heterocycles. The van der Waals surface area contributed by atoms with E-state index in [0.29, 0.717) is 37.4 Å². The molecule has 2 nitrogen and oxygen atoms in total. The Balaban J connectivity index is 2.21. The first kappa shape index (κ1) is 16.3. The molecule has 0 spiro atoms. The van der Waals surface area contributed by atoms with Gasteiger partial charge in [-0.05, 0) is 46.3 Å². The van der Waals surface area contributed by atoms with Crippen LogP contribution in [0.3, 0.4) is 0 Å². The lowest BCUT2D eigenvalue weighted by Gasteiger charge is -2.10. The van der Waals surface area contributed by atoms with Crippen molar-refractivity contribution < 1.29 is 13.6 Å². The van der Waals surface area contributed by atoms with E-state index in [1.54, 1.807) is 36.4 Å². The van der Waals surface area contributed by atoms with Crippen LogP contribution in [0.5, 0.6) is 0 Å². The van der Waals surface area contributed by atoms with E-state index in [9.17, 15) is 13.6 Å². The molecule has 0 aromatic heterocycles. The maximum atomic E-state index is 12.5. The first-order valence-electron chi connectivity index (χ1n) is 5.77. The smallest absolute Gasteiger partial charge is 0.288 e. The van der Waals surface area contributed by atoms with Gasteiger partial charge >= 0.3 is 0 Å². The Morgan fingerprint density at radius 1 is 1.24 bits per heavy atom. The number of amides is 1. The first-order valence-corrected chi connectivity index (χ1v) is 7.82. The van der Waals surface area contributed by atoms with Gasteiger partial charge in [-0.3, -0.25) is 4.79 Å². The van der Waals surface area contributed by atoms with Crippen LogP contribution in [-0.2, 0) is 0 Å². The van der Waals surface area contributed by atoms with Crippen molar-refractivity contribution in [3.8, 4) is 0 Å². The van der Waals surface area contributed by atoms with Crippen LogP contribution < -0.4 is 5.32 Å². The minimum absolute atomic E-state index is 0.314. The van der Waals surface area contributed by atoms with Gasteiger partial charge in [0.1, 0.15) is 0 Å². The second-order valence-electron chi connectivity index (χ2n) is 3.96. The Morgan fingerprint density at radius 3 is 2.62 bits per heavy atom. The number of hydrogen-bond acceptors (Lipinski definition) is 2. The van der Waals surface area contributed by atoms with Crippen LogP contribution in [0.15, 0.2) is 51.8 Å². The van der Waals surface area contributed by atoms with E-state index in [-0.39, 0.29) is 0 Å². The van der Waals surface area contributed by atoms with Gasteiger partial charge in [-0.2, -0.15) is 8.78 Å². The fourth-order valence-corrected chi connectivity index (χ4v) is 2.69. The lowest BCUT2D eigenvalue weighted by atomic mass is 10.2. The Morgan fingerprint density at radius 2 is 1.95 bits per heavy atom. The van der Waals surface area contributed by atoms with Gasteiger partial charge in [0, 0.05) is 14.9 Å². The normalized spacial score (nSPS) is 10.7. The number of anilines is 1. The van der Waals surface area contributed by atoms with Crippen LogP contribution in [0, 0.1) is 0 Å². The van der Waals surface area contributed by atoms with Crippen molar-refractivity contribution in [1.29, 1.82) is 0 Å². The standard InChI is InChI=1S/C14H9BrClF2NOS/c15-9-7-8(5-6-10(9)16)13(20)19-11-3-1-2-4-12(11)21-14(17)18/h1-7,14H,(H,19,20). The van der Waals surface area contributed by atoms with Gasteiger partial charge in [-0.15, -0.1) is 0 Å². The average Bonchev–Trinajstić information content (AvgIpc) is 2.43. The molecule has 110 valence electrons. The third-order valence-electron chi connectivity index (χ3n) is 2.53. The molecule has 0 saturated heterocycles. The van der Waals surface area contributed by atoms with Crippen LogP contribution in [0.1, 0.15) is 10.4 Å². The highest BCUT2D eigenvalue weighted by Crippen LogP contribution is 2.32. The summed E-state index contributed by atoms with van der Waals surface area (Å²) >= 11 is 9.48. The minimum atomic E-state index is -2.55. The molecule has 0 aliphatic rings. The summed E-state index contributed by atoms with van der Waals surface area (Å²) in [6.45, 7) is 0. The molecule has 2 aromatic carbocycles. The molecule has 0 saturated carbocycles. The highest BCUT2D eigenvalue weighted by molar-refractivity contribution is 9.10. The predicted octanol–water partition coefficient (Wildman–Crippen LogP) is 5.67. The maximum Gasteiger partial charge on any atom is 0.288 e. The number of nitrogens with one attached hydrogen (secondary N) is 1. The third-order valence-corrected chi connectivity index (χ3v) is 4.54. The van der Waals surface area contributed by atoms with Gasteiger partial charge in [0.05, 0.1) is 10.7 Å². The monoisotopic (exact) mass is 391 g/mol. The topological polar surface area (TPSA) is 29.1 Å². The van der Waals surface area contributed by atoms with Crippen LogP contribution in [0.2, 0.25) is 5.02 Å². The van der Waals surface area contributed by atoms with Crippen molar-refractivity contribution in [1.82, 2.24) is 0 Å². The van der Waals surface area contributed by atoms with Gasteiger partial charge in [-0.1, -0.05) is 35.5 Å². The number of carbonyl (C=O) groups excluding carboxylic acids is 1. The van der Waals surface area contributed by atoms with Gasteiger partial charge in [0.15, 0.2) is 0 Å². The molecule has 1 amide bonds. The number of thioether (sulfide) groups is 1. The van der Waals surface area contributed by atoms with Crippen molar-refractivity contribution in [2.24, 2.45) is 0 Å². The number of benzene rings is 2. The lowest BCUT2D eigenvalue weighted by molar-refractivity contribution is 0.102. The van der Waals surface area contributed by atoms with Crippen LogP contribution in [0.25, 0.3) is 0 Å². The summed E-state index contributed by atoms with van der Waals surface area (Å²) in [5.41, 5.74) is 0.724. The number of carbonyl (C=O) groups is 1. The van der Waals surface area contributed by atoms with E-state index in [1.807, 2.05) is 0 Å². The van der Waals surface area contributed by atoms with E-state index in [1.165, 1.54) is 6.07 Å². The SMILES string of the molecule is O=C(Nc1ccccc1SC(F)F)c1ccc(Cl)c(Br)c1. The highest BCUT2D eigenvalue weighted by atomic mass is 79.9. The fourth-order valence-electron chi connectivity index (χ4n) is 1.60. The van der Waals surface area contributed by atoms with Crippen molar-refractivity contribution >= 4 is 50.9 Å². The Labute approximate surface area is 138 Å². The summed E-state index contributed by atoms with van der Waals surface area (Å²) in [6, 6.07) is 11.1. The number of rotatable bonds is 4. The van der Waals surface area contributed by atoms with Gasteiger partial charge in [0.2, 0.25) is 0 Å². The number of alkyl halides is 2. The molecule has 0 aliphatic heterocycles. The molecule has 2 aromatic rings. The molecule has 0 bridgehead atoms. The number of halogens is 4. The average molecular weight is 393 g/mol.